The summed E-state index contributed by atoms with van der Waals surface area (Å²) in [5.74, 6) is -3.50. The van der Waals surface area contributed by atoms with Crippen LogP contribution in [0.5, 0.6) is 5.75 Å². The average molecular weight is 470 g/mol. The van der Waals surface area contributed by atoms with Gasteiger partial charge < -0.3 is 19.7 Å². The number of hydrogen-bond acceptors (Lipinski definition) is 5. The summed E-state index contributed by atoms with van der Waals surface area (Å²) in [5, 5.41) is 12.3. The third-order valence-electron chi connectivity index (χ3n) is 5.35. The van der Waals surface area contributed by atoms with Gasteiger partial charge in [-0.25, -0.2) is 27.9 Å². The van der Waals surface area contributed by atoms with E-state index in [0.717, 1.165) is 0 Å². The van der Waals surface area contributed by atoms with Gasteiger partial charge in [0.15, 0.2) is 17.5 Å². The zero-order valence-electron chi connectivity index (χ0n) is 18.4. The highest BCUT2D eigenvalue weighted by Crippen LogP contribution is 2.28. The van der Waals surface area contributed by atoms with E-state index in [1.165, 1.54) is 18.5 Å². The fourth-order valence-electron chi connectivity index (χ4n) is 3.80. The Hall–Kier alpha value is -4.08. The molecule has 0 saturated heterocycles. The fraction of sp³-hybridized carbons (Fsp3) is 0.208. The Bertz CT molecular complexity index is 1390. The van der Waals surface area contributed by atoms with E-state index in [9.17, 15) is 23.1 Å². The Morgan fingerprint density at radius 2 is 1.91 bits per heavy atom. The van der Waals surface area contributed by atoms with Gasteiger partial charge in [0.1, 0.15) is 23.5 Å². The molecule has 0 aliphatic rings. The molecule has 0 amide bonds. The van der Waals surface area contributed by atoms with Crippen LogP contribution in [0.1, 0.15) is 23.0 Å². The number of halogens is 3. The van der Waals surface area contributed by atoms with Crippen molar-refractivity contribution in [2.75, 3.05) is 18.5 Å². The molecule has 0 fully saturated rings. The van der Waals surface area contributed by atoms with Gasteiger partial charge in [-0.15, -0.1) is 0 Å². The Morgan fingerprint density at radius 3 is 2.65 bits per heavy atom. The number of fused-ring (bicyclic) bond motifs is 1. The lowest BCUT2D eigenvalue weighted by atomic mass is 10.1. The van der Waals surface area contributed by atoms with Gasteiger partial charge in [-0.1, -0.05) is 6.07 Å². The van der Waals surface area contributed by atoms with Crippen molar-refractivity contribution in [3.05, 3.63) is 71.4 Å². The van der Waals surface area contributed by atoms with E-state index in [2.05, 4.69) is 15.3 Å². The van der Waals surface area contributed by atoms with Crippen molar-refractivity contribution >= 4 is 22.7 Å². The van der Waals surface area contributed by atoms with Crippen LogP contribution in [0.2, 0.25) is 0 Å². The second-order valence-electron chi connectivity index (χ2n) is 7.52. The molecule has 0 atom stereocenters. The smallest absolute Gasteiger partial charge is 0.339 e. The monoisotopic (exact) mass is 470 g/mol. The number of carboxylic acid groups (broad SMARTS) is 1. The number of nitrogens with one attached hydrogen (secondary N) is 1. The molecule has 0 aliphatic heterocycles. The zero-order valence-corrected chi connectivity index (χ0v) is 18.4. The van der Waals surface area contributed by atoms with Gasteiger partial charge in [0.05, 0.1) is 17.8 Å². The van der Waals surface area contributed by atoms with Crippen LogP contribution in [0.4, 0.5) is 19.0 Å². The second kappa shape index (κ2) is 9.42. The first kappa shape index (κ1) is 23.1. The lowest BCUT2D eigenvalue weighted by molar-refractivity contribution is 0.0692. The highest BCUT2D eigenvalue weighted by molar-refractivity contribution is 5.92. The highest BCUT2D eigenvalue weighted by atomic mass is 19.2. The molecule has 7 nitrogen and oxygen atoms in total. The minimum absolute atomic E-state index is 0.00329. The Balaban J connectivity index is 1.54. The molecule has 0 saturated carbocycles. The summed E-state index contributed by atoms with van der Waals surface area (Å²) in [6.45, 7) is 4.36. The molecule has 176 valence electrons. The fourth-order valence-corrected chi connectivity index (χ4v) is 3.80. The van der Waals surface area contributed by atoms with Crippen molar-refractivity contribution in [3.63, 3.8) is 0 Å². The summed E-state index contributed by atoms with van der Waals surface area (Å²) in [6.07, 6.45) is 1.36. The van der Waals surface area contributed by atoms with Crippen molar-refractivity contribution in [1.82, 2.24) is 14.5 Å². The number of anilines is 1. The molecule has 0 spiro atoms. The minimum atomic E-state index is -1.22. The maximum atomic E-state index is 14.3. The van der Waals surface area contributed by atoms with Gasteiger partial charge in [-0.05, 0) is 32.0 Å². The Morgan fingerprint density at radius 1 is 1.12 bits per heavy atom. The summed E-state index contributed by atoms with van der Waals surface area (Å²) in [4.78, 5) is 19.8. The molecular formula is C24H21F3N4O3. The highest BCUT2D eigenvalue weighted by Gasteiger charge is 2.18. The third-order valence-corrected chi connectivity index (χ3v) is 5.35. The summed E-state index contributed by atoms with van der Waals surface area (Å²) < 4.78 is 49.0. The van der Waals surface area contributed by atoms with Crippen molar-refractivity contribution in [2.45, 2.75) is 20.4 Å². The van der Waals surface area contributed by atoms with Crippen molar-refractivity contribution < 1.29 is 27.8 Å². The van der Waals surface area contributed by atoms with E-state index in [1.807, 2.05) is 0 Å². The molecule has 0 bridgehead atoms. The number of aromatic nitrogens is 3. The molecule has 2 aromatic carbocycles. The summed E-state index contributed by atoms with van der Waals surface area (Å²) in [7, 11) is 0. The molecule has 2 N–H and O–H groups in total. The van der Waals surface area contributed by atoms with Gasteiger partial charge >= 0.3 is 5.97 Å². The van der Waals surface area contributed by atoms with Gasteiger partial charge in [-0.3, -0.25) is 0 Å². The van der Waals surface area contributed by atoms with Crippen molar-refractivity contribution in [2.24, 2.45) is 0 Å². The van der Waals surface area contributed by atoms with Crippen LogP contribution in [-0.4, -0.2) is 38.8 Å². The number of carboxylic acids is 1. The number of aryl methyl sites for hydroxylation is 1. The maximum absolute atomic E-state index is 14.3. The molecule has 4 rings (SSSR count). The van der Waals surface area contributed by atoms with Crippen LogP contribution < -0.4 is 10.1 Å². The zero-order chi connectivity index (χ0) is 24.4. The molecule has 10 heteroatoms. The lowest BCUT2D eigenvalue weighted by Crippen LogP contribution is -2.13. The third kappa shape index (κ3) is 4.39. The first-order chi connectivity index (χ1) is 16.3. The van der Waals surface area contributed by atoms with Crippen molar-refractivity contribution in [3.8, 4) is 17.0 Å². The first-order valence-electron chi connectivity index (χ1n) is 10.5. The number of nitrogens with zero attached hydrogens (tertiary/aromatic N) is 3. The largest absolute Gasteiger partial charge is 0.493 e. The normalized spacial score (nSPS) is 11.1. The molecular weight excluding hydrogens is 449 g/mol. The van der Waals surface area contributed by atoms with Crippen LogP contribution in [0, 0.1) is 24.4 Å². The van der Waals surface area contributed by atoms with E-state index in [1.54, 1.807) is 36.6 Å². The Kier molecular flexibility index (Phi) is 6.40. The molecule has 0 unspecified atom stereocenters. The number of aromatic carboxylic acids is 1. The predicted molar refractivity (Wildman–Crippen MR) is 121 cm³/mol. The number of ether oxygens (including phenoxy) is 1. The summed E-state index contributed by atoms with van der Waals surface area (Å²) >= 11 is 0. The second-order valence-corrected chi connectivity index (χ2v) is 7.52. The molecule has 4 aromatic rings. The molecule has 2 aromatic heterocycles. The van der Waals surface area contributed by atoms with E-state index in [4.69, 9.17) is 4.74 Å². The van der Waals surface area contributed by atoms with Gasteiger partial charge in [0.2, 0.25) is 0 Å². The number of hydrogen-bond donors (Lipinski definition) is 2. The topological polar surface area (TPSA) is 89.3 Å². The quantitative estimate of drug-likeness (QED) is 0.351. The van der Waals surface area contributed by atoms with Crippen LogP contribution >= 0.6 is 0 Å². The minimum Gasteiger partial charge on any atom is -0.493 e. The van der Waals surface area contributed by atoms with Crippen LogP contribution in [0.3, 0.4) is 0 Å². The van der Waals surface area contributed by atoms with E-state index in [0.29, 0.717) is 42.0 Å². The molecule has 34 heavy (non-hydrogen) atoms. The molecule has 0 aliphatic carbocycles. The number of rotatable bonds is 8. The van der Waals surface area contributed by atoms with Crippen LogP contribution in [0.15, 0.2) is 42.7 Å². The lowest BCUT2D eigenvalue weighted by Gasteiger charge is -2.12. The number of carbonyl (C=O) groups is 1. The van der Waals surface area contributed by atoms with E-state index < -0.39 is 23.4 Å². The van der Waals surface area contributed by atoms with E-state index in [-0.39, 0.29) is 28.8 Å². The van der Waals surface area contributed by atoms with E-state index >= 15 is 0 Å². The number of benzene rings is 2. The average Bonchev–Trinajstić information content (AvgIpc) is 3.14. The Labute approximate surface area is 192 Å². The first-order valence-corrected chi connectivity index (χ1v) is 10.5. The molecule has 0 radical (unpaired) electrons. The SMILES string of the molecule is CCOc1cc(-c2cc(NCCn3c(C)cc4c(F)c(F)cc(F)c43)ncn2)ccc1C(=O)O. The molecule has 2 heterocycles. The van der Waals surface area contributed by atoms with Gasteiger partial charge in [-0.2, -0.15) is 0 Å². The van der Waals surface area contributed by atoms with Gasteiger partial charge in [0.25, 0.3) is 0 Å². The summed E-state index contributed by atoms with van der Waals surface area (Å²) in [6, 6.07) is 8.32. The van der Waals surface area contributed by atoms with Gasteiger partial charge in [0, 0.05) is 41.9 Å². The van der Waals surface area contributed by atoms with Crippen molar-refractivity contribution in [1.29, 1.82) is 0 Å². The van der Waals surface area contributed by atoms with Crippen LogP contribution in [-0.2, 0) is 6.54 Å². The summed E-state index contributed by atoms with van der Waals surface area (Å²) in [5.41, 5.74) is 1.83. The standard InChI is InChI=1S/C24H21F3N4O3/c1-3-34-20-9-14(4-5-15(20)24(32)33)19-11-21(30-12-29-19)28-6-7-31-13(2)8-16-22(27)17(25)10-18(26)23(16)31/h4-5,8-12H,3,6-7H2,1-2H3,(H,32,33)(H,28,29,30). The maximum Gasteiger partial charge on any atom is 0.339 e. The van der Waals surface area contributed by atoms with Crippen LogP contribution in [0.25, 0.3) is 22.2 Å². The predicted octanol–water partition coefficient (Wildman–Crippen LogP) is 5.03.